The predicted octanol–water partition coefficient (Wildman–Crippen LogP) is 1.25. The molecule has 0 aliphatic carbocycles. The fraction of sp³-hybridized carbons (Fsp3) is 0.421. The van der Waals surface area contributed by atoms with Crippen molar-refractivity contribution in [3.8, 4) is 0 Å². The summed E-state index contributed by atoms with van der Waals surface area (Å²) in [5.74, 6) is -0.156. The van der Waals surface area contributed by atoms with E-state index in [2.05, 4.69) is 15.2 Å². The van der Waals surface area contributed by atoms with E-state index < -0.39 is 0 Å². The molecule has 1 aliphatic heterocycles. The van der Waals surface area contributed by atoms with Crippen molar-refractivity contribution in [1.29, 1.82) is 0 Å². The monoisotopic (exact) mass is 353 g/mol. The lowest BCUT2D eigenvalue weighted by Gasteiger charge is -2.15. The first kappa shape index (κ1) is 16.8. The van der Waals surface area contributed by atoms with Gasteiger partial charge in [-0.1, -0.05) is 0 Å². The number of nitrogens with one attached hydrogen (secondary N) is 1. The number of rotatable bonds is 6. The minimum Gasteiger partial charge on any atom is -0.354 e. The average Bonchev–Trinajstić information content (AvgIpc) is 3.34. The van der Waals surface area contributed by atoms with Crippen LogP contribution in [0.25, 0.3) is 16.7 Å². The van der Waals surface area contributed by atoms with Crippen LogP contribution in [0, 0.1) is 0 Å². The van der Waals surface area contributed by atoms with Gasteiger partial charge in [0.15, 0.2) is 5.65 Å². The van der Waals surface area contributed by atoms with Crippen molar-refractivity contribution in [2.24, 2.45) is 0 Å². The van der Waals surface area contributed by atoms with Crippen LogP contribution in [-0.2, 0) is 11.3 Å². The molecule has 0 aromatic carbocycles. The zero-order chi connectivity index (χ0) is 17.9. The van der Waals surface area contributed by atoms with Crippen molar-refractivity contribution in [1.82, 2.24) is 24.2 Å². The molecule has 0 atom stereocenters. The van der Waals surface area contributed by atoms with Crippen LogP contribution in [0.1, 0.15) is 19.3 Å². The molecule has 26 heavy (non-hydrogen) atoms. The third kappa shape index (κ3) is 3.22. The number of nitrogens with zero attached hydrogens (tertiary/aromatic N) is 4. The molecule has 136 valence electrons. The molecule has 4 rings (SSSR count). The summed E-state index contributed by atoms with van der Waals surface area (Å²) in [6, 6.07) is 7.32. The van der Waals surface area contributed by atoms with Gasteiger partial charge in [-0.05, 0) is 63.2 Å². The molecule has 0 bridgehead atoms. The first-order valence-corrected chi connectivity index (χ1v) is 9.18. The lowest BCUT2D eigenvalue weighted by molar-refractivity contribution is -0.121. The zero-order valence-electron chi connectivity index (χ0n) is 14.7. The molecule has 7 heteroatoms. The summed E-state index contributed by atoms with van der Waals surface area (Å²) in [6.07, 6.45) is 6.96. The third-order valence-electron chi connectivity index (χ3n) is 4.97. The molecule has 1 amide bonds. The molecule has 4 heterocycles. The Balaban J connectivity index is 1.48. The Morgan fingerprint density at radius 1 is 1.15 bits per heavy atom. The summed E-state index contributed by atoms with van der Waals surface area (Å²) in [5, 5.41) is 2.93. The Labute approximate surface area is 151 Å². The van der Waals surface area contributed by atoms with E-state index in [1.807, 2.05) is 28.8 Å². The number of hydrogen-bond donors (Lipinski definition) is 1. The van der Waals surface area contributed by atoms with Crippen LogP contribution < -0.4 is 10.9 Å². The van der Waals surface area contributed by atoms with Gasteiger partial charge in [-0.2, -0.15) is 0 Å². The zero-order valence-corrected chi connectivity index (χ0v) is 14.7. The molecule has 1 fully saturated rings. The van der Waals surface area contributed by atoms with Crippen LogP contribution in [0.3, 0.4) is 0 Å². The number of carbonyl (C=O) groups excluding carboxylic acids is 1. The molecule has 3 aromatic heterocycles. The molecule has 3 aromatic rings. The van der Waals surface area contributed by atoms with E-state index in [1.54, 1.807) is 12.3 Å². The summed E-state index contributed by atoms with van der Waals surface area (Å²) in [5.41, 5.74) is 1.68. The largest absolute Gasteiger partial charge is 0.354 e. The van der Waals surface area contributed by atoms with Gasteiger partial charge in [0.25, 0.3) is 5.56 Å². The Morgan fingerprint density at radius 2 is 1.96 bits per heavy atom. The second kappa shape index (κ2) is 7.29. The van der Waals surface area contributed by atoms with Gasteiger partial charge in [0.05, 0.1) is 5.52 Å². The van der Waals surface area contributed by atoms with Gasteiger partial charge in [0.1, 0.15) is 12.1 Å². The fourth-order valence-electron chi connectivity index (χ4n) is 3.67. The second-order valence-corrected chi connectivity index (χ2v) is 6.75. The van der Waals surface area contributed by atoms with Gasteiger partial charge in [-0.3, -0.25) is 14.2 Å². The molecular weight excluding hydrogens is 330 g/mol. The summed E-state index contributed by atoms with van der Waals surface area (Å²) in [6.45, 7) is 3.96. The molecule has 0 saturated carbocycles. The fourth-order valence-corrected chi connectivity index (χ4v) is 3.67. The molecular formula is C19H23N5O2. The Kier molecular flexibility index (Phi) is 4.71. The Bertz CT molecular complexity index is 984. The Morgan fingerprint density at radius 3 is 2.81 bits per heavy atom. The topological polar surface area (TPSA) is 71.6 Å². The van der Waals surface area contributed by atoms with E-state index in [-0.39, 0.29) is 18.0 Å². The highest BCUT2D eigenvalue weighted by molar-refractivity contribution is 5.80. The average molecular weight is 353 g/mol. The van der Waals surface area contributed by atoms with Crippen LogP contribution in [0.2, 0.25) is 0 Å². The lowest BCUT2D eigenvalue weighted by Crippen LogP contribution is -2.35. The second-order valence-electron chi connectivity index (χ2n) is 6.75. The van der Waals surface area contributed by atoms with Crippen LogP contribution in [0.4, 0.5) is 0 Å². The van der Waals surface area contributed by atoms with Gasteiger partial charge in [0.2, 0.25) is 5.91 Å². The van der Waals surface area contributed by atoms with Gasteiger partial charge >= 0.3 is 0 Å². The van der Waals surface area contributed by atoms with Crippen LogP contribution in [0.5, 0.6) is 0 Å². The van der Waals surface area contributed by atoms with E-state index in [0.717, 1.165) is 18.5 Å². The molecule has 7 nitrogen and oxygen atoms in total. The van der Waals surface area contributed by atoms with Crippen molar-refractivity contribution in [2.45, 2.75) is 25.8 Å². The molecule has 0 unspecified atom stereocenters. The number of amides is 1. The minimum atomic E-state index is -0.201. The molecule has 1 aliphatic rings. The lowest BCUT2D eigenvalue weighted by atomic mass is 10.3. The first-order valence-electron chi connectivity index (χ1n) is 9.18. The maximum absolute atomic E-state index is 12.8. The van der Waals surface area contributed by atoms with Gasteiger partial charge < -0.3 is 14.6 Å². The highest BCUT2D eigenvalue weighted by Crippen LogP contribution is 2.12. The van der Waals surface area contributed by atoms with Crippen molar-refractivity contribution in [3.63, 3.8) is 0 Å². The number of hydrogen-bond acceptors (Lipinski definition) is 4. The minimum absolute atomic E-state index is 0.0161. The number of aromatic nitrogens is 3. The van der Waals surface area contributed by atoms with E-state index in [1.165, 1.54) is 30.5 Å². The standard InChI is InChI=1S/C19H23N5O2/c25-17(20-9-5-12-22-10-1-2-11-22)14-24-18-15(6-3-8-21-18)23-13-4-7-16(23)19(24)26/h3-4,6-8,13H,1-2,5,9-12,14H2,(H,20,25). The molecule has 1 saturated heterocycles. The third-order valence-corrected chi connectivity index (χ3v) is 4.97. The van der Waals surface area contributed by atoms with Crippen LogP contribution in [0.15, 0.2) is 41.5 Å². The summed E-state index contributed by atoms with van der Waals surface area (Å²) >= 11 is 0. The predicted molar refractivity (Wildman–Crippen MR) is 100 cm³/mol. The van der Waals surface area contributed by atoms with E-state index in [0.29, 0.717) is 17.7 Å². The number of pyridine rings is 1. The van der Waals surface area contributed by atoms with Crippen molar-refractivity contribution in [2.75, 3.05) is 26.2 Å². The number of fused-ring (bicyclic) bond motifs is 3. The van der Waals surface area contributed by atoms with Gasteiger partial charge in [-0.15, -0.1) is 0 Å². The number of carbonyl (C=O) groups is 1. The summed E-state index contributed by atoms with van der Waals surface area (Å²) < 4.78 is 3.27. The van der Waals surface area contributed by atoms with Gasteiger partial charge in [-0.25, -0.2) is 4.98 Å². The number of likely N-dealkylation sites (tertiary alicyclic amines) is 1. The van der Waals surface area contributed by atoms with Crippen LogP contribution >= 0.6 is 0 Å². The molecule has 0 spiro atoms. The normalized spacial score (nSPS) is 15.1. The molecule has 0 radical (unpaired) electrons. The van der Waals surface area contributed by atoms with Crippen molar-refractivity contribution < 1.29 is 4.79 Å². The Hall–Kier alpha value is -2.67. The van der Waals surface area contributed by atoms with Crippen molar-refractivity contribution >= 4 is 22.6 Å². The maximum Gasteiger partial charge on any atom is 0.276 e. The highest BCUT2D eigenvalue weighted by Gasteiger charge is 2.14. The van der Waals surface area contributed by atoms with E-state index in [9.17, 15) is 9.59 Å². The maximum atomic E-state index is 12.8. The summed E-state index contributed by atoms with van der Waals surface area (Å²) in [7, 11) is 0. The first-order chi connectivity index (χ1) is 12.7. The quantitative estimate of drug-likeness (QED) is 0.677. The van der Waals surface area contributed by atoms with Crippen LogP contribution in [-0.4, -0.2) is 50.9 Å². The smallest absolute Gasteiger partial charge is 0.276 e. The van der Waals surface area contributed by atoms with Gasteiger partial charge in [0, 0.05) is 18.9 Å². The SMILES string of the molecule is O=C(Cn1c(=O)c2cccn2c2cccnc21)NCCCN1CCCC1. The highest BCUT2D eigenvalue weighted by atomic mass is 16.2. The molecule has 1 N–H and O–H groups in total. The van der Waals surface area contributed by atoms with E-state index in [4.69, 9.17) is 0 Å². The van der Waals surface area contributed by atoms with Crippen molar-refractivity contribution in [3.05, 3.63) is 47.0 Å². The summed E-state index contributed by atoms with van der Waals surface area (Å²) in [4.78, 5) is 31.9. The van der Waals surface area contributed by atoms with E-state index >= 15 is 0 Å².